The van der Waals surface area contributed by atoms with Crippen LogP contribution in [0.1, 0.15) is 35.1 Å². The molecule has 0 radical (unpaired) electrons. The molecule has 0 aliphatic heterocycles. The normalized spacial score (nSPS) is 11.0. The lowest BCUT2D eigenvalue weighted by Gasteiger charge is -2.01. The highest BCUT2D eigenvalue weighted by molar-refractivity contribution is 6.05. The first-order valence-electron chi connectivity index (χ1n) is 6.75. The van der Waals surface area contributed by atoms with Crippen molar-refractivity contribution in [2.75, 3.05) is 5.32 Å². The van der Waals surface area contributed by atoms with Crippen LogP contribution in [0, 0.1) is 6.92 Å². The van der Waals surface area contributed by atoms with Gasteiger partial charge in [-0.15, -0.1) is 0 Å². The van der Waals surface area contributed by atoms with Gasteiger partial charge in [0.05, 0.1) is 16.6 Å². The zero-order chi connectivity index (χ0) is 14.8. The number of rotatable bonds is 4. The van der Waals surface area contributed by atoms with E-state index >= 15 is 0 Å². The summed E-state index contributed by atoms with van der Waals surface area (Å²) in [7, 11) is 0. The monoisotopic (exact) mass is 285 g/mol. The number of aryl methyl sites for hydroxylation is 2. The van der Waals surface area contributed by atoms with E-state index in [-0.39, 0.29) is 5.91 Å². The number of amides is 1. The summed E-state index contributed by atoms with van der Waals surface area (Å²) in [6.07, 6.45) is 3.38. The van der Waals surface area contributed by atoms with Crippen LogP contribution in [0.4, 0.5) is 5.82 Å². The molecule has 0 bridgehead atoms. The molecule has 3 rings (SSSR count). The highest BCUT2D eigenvalue weighted by Gasteiger charge is 2.13. The molecule has 0 saturated heterocycles. The number of nitrogens with one attached hydrogen (secondary N) is 2. The molecule has 0 aliphatic rings. The number of pyridine rings is 1. The molecular weight excluding hydrogens is 270 g/mol. The standard InChI is InChI=1S/C14H15N5O2/c1-3-4-10-6-12(18-17-10)16-13(20)9-5-11-8(2)19-21-14(11)15-7-9/h5-7H,3-4H2,1-2H3,(H2,16,17,18,20). The second-order valence-electron chi connectivity index (χ2n) is 4.83. The molecule has 2 N–H and O–H groups in total. The number of carbonyl (C=O) groups excluding carboxylic acids is 1. The Morgan fingerprint density at radius 3 is 3.10 bits per heavy atom. The number of nitrogens with zero attached hydrogens (tertiary/aromatic N) is 3. The smallest absolute Gasteiger partial charge is 0.258 e. The molecule has 0 unspecified atom stereocenters. The molecule has 7 nitrogen and oxygen atoms in total. The minimum atomic E-state index is -0.264. The van der Waals surface area contributed by atoms with Crippen LogP contribution >= 0.6 is 0 Å². The first-order chi connectivity index (χ1) is 10.2. The van der Waals surface area contributed by atoms with E-state index in [1.807, 2.05) is 6.07 Å². The fourth-order valence-corrected chi connectivity index (χ4v) is 2.08. The van der Waals surface area contributed by atoms with E-state index in [1.54, 1.807) is 13.0 Å². The molecule has 3 aromatic rings. The lowest BCUT2D eigenvalue weighted by molar-refractivity contribution is 0.102. The van der Waals surface area contributed by atoms with Crippen molar-refractivity contribution in [2.24, 2.45) is 0 Å². The molecule has 0 fully saturated rings. The second kappa shape index (κ2) is 5.35. The average Bonchev–Trinajstić information content (AvgIpc) is 3.06. The molecule has 0 aliphatic carbocycles. The average molecular weight is 285 g/mol. The molecule has 7 heteroatoms. The zero-order valence-corrected chi connectivity index (χ0v) is 11.8. The highest BCUT2D eigenvalue weighted by Crippen LogP contribution is 2.17. The molecule has 3 heterocycles. The number of anilines is 1. The van der Waals surface area contributed by atoms with E-state index < -0.39 is 0 Å². The van der Waals surface area contributed by atoms with Gasteiger partial charge in [-0.1, -0.05) is 18.5 Å². The molecule has 0 saturated carbocycles. The third kappa shape index (κ3) is 2.62. The summed E-state index contributed by atoms with van der Waals surface area (Å²) in [5.41, 5.74) is 2.57. The van der Waals surface area contributed by atoms with Gasteiger partial charge in [0.2, 0.25) is 0 Å². The molecular formula is C14H15N5O2. The van der Waals surface area contributed by atoms with Crippen LogP contribution in [-0.2, 0) is 6.42 Å². The summed E-state index contributed by atoms with van der Waals surface area (Å²) >= 11 is 0. The molecule has 3 aromatic heterocycles. The van der Waals surface area contributed by atoms with Crippen molar-refractivity contribution in [3.05, 3.63) is 35.3 Å². The number of aromatic nitrogens is 4. The van der Waals surface area contributed by atoms with Crippen molar-refractivity contribution in [3.63, 3.8) is 0 Å². The maximum Gasteiger partial charge on any atom is 0.258 e. The van der Waals surface area contributed by atoms with Crippen molar-refractivity contribution >= 4 is 22.8 Å². The Labute approximate surface area is 120 Å². The SMILES string of the molecule is CCCc1cc(NC(=O)c2cnc3onc(C)c3c2)n[nH]1. The van der Waals surface area contributed by atoms with Gasteiger partial charge in [-0.05, 0) is 19.4 Å². The van der Waals surface area contributed by atoms with Gasteiger partial charge in [0, 0.05) is 18.0 Å². The highest BCUT2D eigenvalue weighted by atomic mass is 16.5. The topological polar surface area (TPSA) is 96.7 Å². The quantitative estimate of drug-likeness (QED) is 0.767. The van der Waals surface area contributed by atoms with Gasteiger partial charge in [0.1, 0.15) is 0 Å². The number of hydrogen-bond acceptors (Lipinski definition) is 5. The predicted octanol–water partition coefficient (Wildman–Crippen LogP) is 2.46. The van der Waals surface area contributed by atoms with Gasteiger partial charge >= 0.3 is 0 Å². The van der Waals surface area contributed by atoms with E-state index in [0.717, 1.165) is 23.9 Å². The summed E-state index contributed by atoms with van der Waals surface area (Å²) in [5.74, 6) is 0.241. The maximum absolute atomic E-state index is 12.2. The summed E-state index contributed by atoms with van der Waals surface area (Å²) in [6, 6.07) is 3.54. The van der Waals surface area contributed by atoms with Crippen molar-refractivity contribution in [1.82, 2.24) is 20.3 Å². The fourth-order valence-electron chi connectivity index (χ4n) is 2.08. The lowest BCUT2D eigenvalue weighted by Crippen LogP contribution is -2.12. The summed E-state index contributed by atoms with van der Waals surface area (Å²) in [5, 5.41) is 14.2. The van der Waals surface area contributed by atoms with Gasteiger partial charge in [-0.25, -0.2) is 4.98 Å². The predicted molar refractivity (Wildman–Crippen MR) is 77.1 cm³/mol. The minimum absolute atomic E-state index is 0.264. The first kappa shape index (κ1) is 13.3. The summed E-state index contributed by atoms with van der Waals surface area (Å²) < 4.78 is 5.02. The van der Waals surface area contributed by atoms with E-state index in [0.29, 0.717) is 22.8 Å². The Balaban J connectivity index is 1.80. The van der Waals surface area contributed by atoms with Gasteiger partial charge in [-0.2, -0.15) is 5.10 Å². The Morgan fingerprint density at radius 2 is 2.29 bits per heavy atom. The molecule has 21 heavy (non-hydrogen) atoms. The van der Waals surface area contributed by atoms with Crippen LogP contribution in [0.2, 0.25) is 0 Å². The molecule has 0 atom stereocenters. The van der Waals surface area contributed by atoms with E-state index in [4.69, 9.17) is 4.52 Å². The van der Waals surface area contributed by atoms with Gasteiger partial charge in [-0.3, -0.25) is 9.89 Å². The second-order valence-corrected chi connectivity index (χ2v) is 4.83. The van der Waals surface area contributed by atoms with Crippen LogP contribution in [0.3, 0.4) is 0 Å². The van der Waals surface area contributed by atoms with Crippen LogP contribution < -0.4 is 5.32 Å². The van der Waals surface area contributed by atoms with Crippen molar-refractivity contribution in [1.29, 1.82) is 0 Å². The Morgan fingerprint density at radius 1 is 1.43 bits per heavy atom. The summed E-state index contributed by atoms with van der Waals surface area (Å²) in [6.45, 7) is 3.89. The first-order valence-corrected chi connectivity index (χ1v) is 6.75. The number of aromatic amines is 1. The van der Waals surface area contributed by atoms with Crippen molar-refractivity contribution in [2.45, 2.75) is 26.7 Å². The van der Waals surface area contributed by atoms with Crippen LogP contribution in [0.15, 0.2) is 22.9 Å². The van der Waals surface area contributed by atoms with Crippen molar-refractivity contribution in [3.8, 4) is 0 Å². The van der Waals surface area contributed by atoms with E-state index in [9.17, 15) is 4.79 Å². The lowest BCUT2D eigenvalue weighted by atomic mass is 10.2. The number of H-pyrrole nitrogens is 1. The molecule has 1 amide bonds. The Kier molecular flexibility index (Phi) is 3.39. The van der Waals surface area contributed by atoms with Crippen LogP contribution in [0.25, 0.3) is 11.1 Å². The van der Waals surface area contributed by atoms with Crippen LogP contribution in [0.5, 0.6) is 0 Å². The molecule has 0 aromatic carbocycles. The maximum atomic E-state index is 12.2. The van der Waals surface area contributed by atoms with Gasteiger partial charge in [0.25, 0.3) is 11.6 Å². The number of carbonyl (C=O) groups is 1. The minimum Gasteiger partial charge on any atom is -0.336 e. The third-order valence-corrected chi connectivity index (χ3v) is 3.16. The van der Waals surface area contributed by atoms with Crippen molar-refractivity contribution < 1.29 is 9.32 Å². The number of hydrogen-bond donors (Lipinski definition) is 2. The van der Waals surface area contributed by atoms with Gasteiger partial charge in [0.15, 0.2) is 5.82 Å². The van der Waals surface area contributed by atoms with Crippen LogP contribution in [-0.4, -0.2) is 26.2 Å². The van der Waals surface area contributed by atoms with E-state index in [2.05, 4.69) is 32.6 Å². The van der Waals surface area contributed by atoms with E-state index in [1.165, 1.54) is 6.20 Å². The molecule has 0 spiro atoms. The largest absolute Gasteiger partial charge is 0.336 e. The zero-order valence-electron chi connectivity index (χ0n) is 11.8. The Hall–Kier alpha value is -2.70. The number of fused-ring (bicyclic) bond motifs is 1. The fraction of sp³-hybridized carbons (Fsp3) is 0.286. The van der Waals surface area contributed by atoms with Gasteiger partial charge < -0.3 is 9.84 Å². The Bertz CT molecular complexity index is 790. The summed E-state index contributed by atoms with van der Waals surface area (Å²) in [4.78, 5) is 16.3. The molecule has 108 valence electrons. The third-order valence-electron chi connectivity index (χ3n) is 3.16.